The summed E-state index contributed by atoms with van der Waals surface area (Å²) in [6.07, 6.45) is -4.64. The Labute approximate surface area is 109 Å². The molecule has 10 heteroatoms. The normalized spacial score (nSPS) is 13.3. The highest BCUT2D eigenvalue weighted by Crippen LogP contribution is 2.29. The van der Waals surface area contributed by atoms with Crippen molar-refractivity contribution in [2.75, 3.05) is 13.6 Å². The van der Waals surface area contributed by atoms with Gasteiger partial charge in [0.05, 0.1) is 0 Å². The number of hydrogen-bond donors (Lipinski definition) is 1. The summed E-state index contributed by atoms with van der Waals surface area (Å²) in [5.41, 5.74) is 0. The van der Waals surface area contributed by atoms with Gasteiger partial charge in [-0.1, -0.05) is 0 Å². The lowest BCUT2D eigenvalue weighted by atomic mass is 10.5. The van der Waals surface area contributed by atoms with Gasteiger partial charge in [0.25, 0.3) is 0 Å². The molecule has 0 atom stereocenters. The molecule has 0 aromatic carbocycles. The maximum Gasteiger partial charge on any atom is 0.402 e. The van der Waals surface area contributed by atoms with Gasteiger partial charge in [0.1, 0.15) is 23.8 Å². The van der Waals surface area contributed by atoms with Crippen molar-refractivity contribution >= 4 is 26.0 Å². The fourth-order valence-corrected chi connectivity index (χ4v) is 3.27. The Hall–Kier alpha value is -0.580. The Balaban J connectivity index is 3.09. The molecule has 5 nitrogen and oxygen atoms in total. The molecular formula is C8H9BrF3NO4S. The third-order valence-corrected chi connectivity index (χ3v) is 4.61. The Morgan fingerprint density at radius 3 is 2.44 bits per heavy atom. The molecule has 0 spiro atoms. The SMILES string of the molecule is CN(CC(F)(F)F)S(=O)(=O)c1cc(CO)oc1Br. The van der Waals surface area contributed by atoms with Crippen LogP contribution in [0.2, 0.25) is 0 Å². The van der Waals surface area contributed by atoms with Gasteiger partial charge in [-0.05, 0) is 15.9 Å². The highest BCUT2D eigenvalue weighted by Gasteiger charge is 2.36. The summed E-state index contributed by atoms with van der Waals surface area (Å²) in [5, 5.41) is 8.76. The lowest BCUT2D eigenvalue weighted by Gasteiger charge is -2.17. The lowest BCUT2D eigenvalue weighted by molar-refractivity contribution is -0.134. The first kappa shape index (κ1) is 15.5. The molecule has 0 saturated heterocycles. The van der Waals surface area contributed by atoms with Gasteiger partial charge in [-0.3, -0.25) is 0 Å². The number of hydrogen-bond acceptors (Lipinski definition) is 4. The third-order valence-electron chi connectivity index (χ3n) is 1.95. The van der Waals surface area contributed by atoms with Gasteiger partial charge < -0.3 is 9.52 Å². The van der Waals surface area contributed by atoms with E-state index in [0.29, 0.717) is 0 Å². The van der Waals surface area contributed by atoms with E-state index in [9.17, 15) is 21.6 Å². The van der Waals surface area contributed by atoms with Crippen LogP contribution in [0.4, 0.5) is 13.2 Å². The summed E-state index contributed by atoms with van der Waals surface area (Å²) in [6, 6.07) is 0.965. The molecule has 0 aliphatic carbocycles. The maximum atomic E-state index is 12.1. The molecule has 1 aromatic heterocycles. The van der Waals surface area contributed by atoms with Crippen molar-refractivity contribution in [3.63, 3.8) is 0 Å². The summed E-state index contributed by atoms with van der Waals surface area (Å²) in [7, 11) is -3.52. The van der Waals surface area contributed by atoms with Crippen molar-refractivity contribution in [3.05, 3.63) is 16.5 Å². The van der Waals surface area contributed by atoms with E-state index in [1.165, 1.54) is 0 Å². The predicted octanol–water partition coefficient (Wildman–Crippen LogP) is 1.72. The Bertz CT molecular complexity index is 525. The standard InChI is InChI=1S/C8H9BrF3NO4S/c1-13(4-8(10,11)12)18(15,16)6-2-5(3-14)17-7(6)9/h2,14H,3-4H2,1H3. The molecule has 1 heterocycles. The summed E-state index contributed by atoms with van der Waals surface area (Å²) in [4.78, 5) is -0.460. The molecule has 0 aliphatic heterocycles. The van der Waals surface area contributed by atoms with Gasteiger partial charge in [-0.25, -0.2) is 8.42 Å². The molecule has 1 rings (SSSR count). The van der Waals surface area contributed by atoms with E-state index < -0.39 is 34.2 Å². The summed E-state index contributed by atoms with van der Waals surface area (Å²) < 4.78 is 64.8. The van der Waals surface area contributed by atoms with E-state index in [4.69, 9.17) is 9.52 Å². The quantitative estimate of drug-likeness (QED) is 0.896. The van der Waals surface area contributed by atoms with Gasteiger partial charge in [0, 0.05) is 13.1 Å². The van der Waals surface area contributed by atoms with Crippen LogP contribution < -0.4 is 0 Å². The van der Waals surface area contributed by atoms with E-state index in [0.717, 1.165) is 13.1 Å². The molecule has 18 heavy (non-hydrogen) atoms. The van der Waals surface area contributed by atoms with Crippen LogP contribution in [0.15, 0.2) is 20.0 Å². The zero-order chi connectivity index (χ0) is 14.1. The van der Waals surface area contributed by atoms with Crippen molar-refractivity contribution in [1.82, 2.24) is 4.31 Å². The molecule has 0 amide bonds. The number of aliphatic hydroxyl groups excluding tert-OH is 1. The first-order chi connectivity index (χ1) is 8.08. The van der Waals surface area contributed by atoms with Crippen molar-refractivity contribution in [3.8, 4) is 0 Å². The smallest absolute Gasteiger partial charge is 0.402 e. The van der Waals surface area contributed by atoms with Crippen LogP contribution in [0.5, 0.6) is 0 Å². The topological polar surface area (TPSA) is 70.8 Å². The molecule has 0 unspecified atom stereocenters. The molecule has 0 bridgehead atoms. The average Bonchev–Trinajstić information content (AvgIpc) is 2.57. The van der Waals surface area contributed by atoms with Crippen molar-refractivity contribution in [2.24, 2.45) is 0 Å². The maximum absolute atomic E-state index is 12.1. The average molecular weight is 352 g/mol. The second-order valence-electron chi connectivity index (χ2n) is 3.39. The number of sulfonamides is 1. The minimum atomic E-state index is -4.64. The summed E-state index contributed by atoms with van der Waals surface area (Å²) in [5.74, 6) is -0.0686. The van der Waals surface area contributed by atoms with Crippen LogP contribution in [0, 0.1) is 0 Å². The van der Waals surface area contributed by atoms with Crippen LogP contribution in [-0.4, -0.2) is 37.6 Å². The van der Waals surface area contributed by atoms with Gasteiger partial charge in [-0.15, -0.1) is 0 Å². The summed E-state index contributed by atoms with van der Waals surface area (Å²) >= 11 is 2.78. The van der Waals surface area contributed by atoms with Crippen LogP contribution in [0.25, 0.3) is 0 Å². The van der Waals surface area contributed by atoms with E-state index in [1.807, 2.05) is 0 Å². The van der Waals surface area contributed by atoms with E-state index in [-0.39, 0.29) is 14.7 Å². The largest absolute Gasteiger partial charge is 0.450 e. The van der Waals surface area contributed by atoms with Crippen molar-refractivity contribution in [2.45, 2.75) is 17.7 Å². The fourth-order valence-electron chi connectivity index (χ4n) is 1.16. The Morgan fingerprint density at radius 2 is 2.06 bits per heavy atom. The van der Waals surface area contributed by atoms with Gasteiger partial charge in [-0.2, -0.15) is 17.5 Å². The molecule has 104 valence electrons. The van der Waals surface area contributed by atoms with Crippen LogP contribution in [0.3, 0.4) is 0 Å². The second-order valence-corrected chi connectivity index (χ2v) is 6.12. The minimum Gasteiger partial charge on any atom is -0.450 e. The summed E-state index contributed by atoms with van der Waals surface area (Å²) in [6.45, 7) is -2.17. The number of nitrogens with zero attached hydrogens (tertiary/aromatic N) is 1. The van der Waals surface area contributed by atoms with Gasteiger partial charge in [0.15, 0.2) is 4.67 Å². The zero-order valence-corrected chi connectivity index (χ0v) is 11.4. The molecule has 0 saturated carbocycles. The molecule has 1 aromatic rings. The van der Waals surface area contributed by atoms with Crippen LogP contribution >= 0.6 is 15.9 Å². The zero-order valence-electron chi connectivity index (χ0n) is 9.03. The van der Waals surface area contributed by atoms with Gasteiger partial charge in [0.2, 0.25) is 10.0 Å². The number of alkyl halides is 3. The Kier molecular flexibility index (Phi) is 4.47. The predicted molar refractivity (Wildman–Crippen MR) is 58.2 cm³/mol. The third kappa shape index (κ3) is 3.46. The fraction of sp³-hybridized carbons (Fsp3) is 0.500. The monoisotopic (exact) mass is 351 g/mol. The minimum absolute atomic E-state index is 0.0686. The van der Waals surface area contributed by atoms with Crippen LogP contribution in [0.1, 0.15) is 5.76 Å². The highest BCUT2D eigenvalue weighted by atomic mass is 79.9. The number of rotatable bonds is 4. The number of aliphatic hydroxyl groups is 1. The number of furan rings is 1. The van der Waals surface area contributed by atoms with Crippen molar-refractivity contribution < 1.29 is 31.1 Å². The molecule has 1 N–H and O–H groups in total. The number of halogens is 4. The van der Waals surface area contributed by atoms with E-state index in [1.54, 1.807) is 0 Å². The molecule has 0 aliphatic rings. The van der Waals surface area contributed by atoms with E-state index in [2.05, 4.69) is 15.9 Å². The second kappa shape index (κ2) is 5.19. The van der Waals surface area contributed by atoms with Gasteiger partial charge >= 0.3 is 6.18 Å². The lowest BCUT2D eigenvalue weighted by Crippen LogP contribution is -2.35. The first-order valence-electron chi connectivity index (χ1n) is 4.50. The first-order valence-corrected chi connectivity index (χ1v) is 6.73. The van der Waals surface area contributed by atoms with E-state index >= 15 is 0 Å². The Morgan fingerprint density at radius 1 is 1.50 bits per heavy atom. The molecular weight excluding hydrogens is 343 g/mol. The van der Waals surface area contributed by atoms with Crippen molar-refractivity contribution in [1.29, 1.82) is 0 Å². The molecule has 0 fully saturated rings. The van der Waals surface area contributed by atoms with Crippen LogP contribution in [-0.2, 0) is 16.6 Å². The highest BCUT2D eigenvalue weighted by molar-refractivity contribution is 9.10. The molecule has 0 radical (unpaired) electrons.